The van der Waals surface area contributed by atoms with Crippen molar-refractivity contribution in [1.29, 1.82) is 0 Å². The highest BCUT2D eigenvalue weighted by Gasteiger charge is 2.33. The molecule has 0 saturated carbocycles. The second-order valence-corrected chi connectivity index (χ2v) is 8.21. The molecule has 170 valence electrons. The Balaban J connectivity index is 1.51. The van der Waals surface area contributed by atoms with Gasteiger partial charge in [-0.25, -0.2) is 9.99 Å². The van der Waals surface area contributed by atoms with Crippen molar-refractivity contribution in [3.05, 3.63) is 106 Å². The number of benzene rings is 3. The zero-order valence-corrected chi connectivity index (χ0v) is 19.0. The van der Waals surface area contributed by atoms with Gasteiger partial charge in [-0.15, -0.1) is 0 Å². The molecule has 1 aromatic heterocycles. The predicted octanol–water partition coefficient (Wildman–Crippen LogP) is 4.09. The molecule has 0 spiro atoms. The molecule has 0 N–H and O–H groups in total. The normalized spacial score (nSPS) is 15.4. The Morgan fingerprint density at radius 1 is 1.00 bits per heavy atom. The molecule has 7 heteroatoms. The molecule has 7 nitrogen and oxygen atoms in total. The fourth-order valence-corrected chi connectivity index (χ4v) is 4.30. The summed E-state index contributed by atoms with van der Waals surface area (Å²) in [7, 11) is 1.62. The fraction of sp³-hybridized carbons (Fsp3) is 0.185. The van der Waals surface area contributed by atoms with E-state index in [-0.39, 0.29) is 24.1 Å². The third-order valence-electron chi connectivity index (χ3n) is 6.12. The van der Waals surface area contributed by atoms with E-state index in [0.29, 0.717) is 23.1 Å². The summed E-state index contributed by atoms with van der Waals surface area (Å²) in [6.07, 6.45) is 0.575. The molecule has 1 atom stereocenters. The number of hydrazone groups is 1. The van der Waals surface area contributed by atoms with Gasteiger partial charge in [0, 0.05) is 6.42 Å². The molecule has 0 aliphatic carbocycles. The van der Waals surface area contributed by atoms with Gasteiger partial charge in [-0.05, 0) is 42.3 Å². The van der Waals surface area contributed by atoms with Gasteiger partial charge < -0.3 is 4.74 Å². The first kappa shape index (κ1) is 21.6. The van der Waals surface area contributed by atoms with Crippen molar-refractivity contribution < 1.29 is 9.53 Å². The highest BCUT2D eigenvalue weighted by atomic mass is 16.5. The number of carbonyl (C=O) groups excluding carboxylic acids is 1. The first-order valence-corrected chi connectivity index (χ1v) is 11.1. The number of hydrogen-bond acceptors (Lipinski definition) is 5. The first-order chi connectivity index (χ1) is 16.5. The molecule has 1 aliphatic rings. The summed E-state index contributed by atoms with van der Waals surface area (Å²) in [5.41, 5.74) is 3.14. The average Bonchev–Trinajstić information content (AvgIpc) is 3.33. The van der Waals surface area contributed by atoms with Crippen LogP contribution in [0.3, 0.4) is 0 Å². The number of nitrogens with zero attached hydrogens (tertiary/aromatic N) is 4. The molecule has 0 fully saturated rings. The van der Waals surface area contributed by atoms with Crippen molar-refractivity contribution in [2.75, 3.05) is 7.11 Å². The number of fused-ring (bicyclic) bond motifs is 1. The van der Waals surface area contributed by atoms with E-state index in [4.69, 9.17) is 9.84 Å². The van der Waals surface area contributed by atoms with Gasteiger partial charge in [-0.1, -0.05) is 54.6 Å². The lowest BCUT2D eigenvalue weighted by molar-refractivity contribution is -0.133. The lowest BCUT2D eigenvalue weighted by atomic mass is 9.98. The summed E-state index contributed by atoms with van der Waals surface area (Å²) in [5, 5.41) is 6.70. The van der Waals surface area contributed by atoms with Crippen LogP contribution in [0.4, 0.5) is 0 Å². The van der Waals surface area contributed by atoms with Crippen molar-refractivity contribution in [3.8, 4) is 5.75 Å². The van der Waals surface area contributed by atoms with Gasteiger partial charge in [0.15, 0.2) is 0 Å². The van der Waals surface area contributed by atoms with E-state index in [2.05, 4.69) is 4.98 Å². The standard InChI is InChI=1S/C27H24N4O3/c1-18-28-23-11-7-6-10-22(23)27(33)30(18)17-26(32)31-25(20-12-14-21(34-2)15-13-20)16-24(29-31)19-8-4-3-5-9-19/h3-15,25H,16-17H2,1-2H3/t25-/m0/s1. The van der Waals surface area contributed by atoms with Crippen LogP contribution in [0.15, 0.2) is 88.8 Å². The summed E-state index contributed by atoms with van der Waals surface area (Å²) in [6, 6.07) is 24.4. The van der Waals surface area contributed by atoms with Gasteiger partial charge in [-0.3, -0.25) is 14.2 Å². The molecule has 0 bridgehead atoms. The number of hydrogen-bond donors (Lipinski definition) is 0. The van der Waals surface area contributed by atoms with Crippen molar-refractivity contribution in [2.45, 2.75) is 25.9 Å². The summed E-state index contributed by atoms with van der Waals surface area (Å²) >= 11 is 0. The SMILES string of the molecule is COc1ccc([C@@H]2CC(c3ccccc3)=NN2C(=O)Cn2c(C)nc3ccccc3c2=O)cc1. The Morgan fingerprint density at radius 3 is 2.44 bits per heavy atom. The third-order valence-corrected chi connectivity index (χ3v) is 6.12. The number of carbonyl (C=O) groups is 1. The first-order valence-electron chi connectivity index (χ1n) is 11.1. The second kappa shape index (κ2) is 8.94. The van der Waals surface area contributed by atoms with E-state index in [9.17, 15) is 9.59 Å². The zero-order valence-electron chi connectivity index (χ0n) is 19.0. The van der Waals surface area contributed by atoms with Crippen molar-refractivity contribution in [2.24, 2.45) is 5.10 Å². The minimum Gasteiger partial charge on any atom is -0.497 e. The van der Waals surface area contributed by atoms with Gasteiger partial charge in [0.05, 0.1) is 29.8 Å². The Kier molecular flexibility index (Phi) is 5.67. The minimum atomic E-state index is -0.280. The molecule has 3 aromatic carbocycles. The summed E-state index contributed by atoms with van der Waals surface area (Å²) in [4.78, 5) is 31.2. The molecule has 2 heterocycles. The van der Waals surface area contributed by atoms with Crippen LogP contribution in [-0.4, -0.2) is 33.3 Å². The monoisotopic (exact) mass is 452 g/mol. The number of para-hydroxylation sites is 1. The van der Waals surface area contributed by atoms with Crippen molar-refractivity contribution >= 4 is 22.5 Å². The average molecular weight is 453 g/mol. The third kappa shape index (κ3) is 3.96. The fourth-order valence-electron chi connectivity index (χ4n) is 4.30. The van der Waals surface area contributed by atoms with E-state index in [0.717, 1.165) is 22.6 Å². The molecule has 1 amide bonds. The smallest absolute Gasteiger partial charge is 0.263 e. The maximum absolute atomic E-state index is 13.5. The molecular weight excluding hydrogens is 428 g/mol. The van der Waals surface area contributed by atoms with Gasteiger partial charge >= 0.3 is 0 Å². The lowest BCUT2D eigenvalue weighted by Gasteiger charge is -2.23. The Bertz CT molecular complexity index is 1440. The molecule has 0 unspecified atom stereocenters. The van der Waals surface area contributed by atoms with Crippen molar-refractivity contribution in [1.82, 2.24) is 14.6 Å². The number of rotatable bonds is 5. The molecule has 5 rings (SSSR count). The number of methoxy groups -OCH3 is 1. The van der Waals surface area contributed by atoms with Crippen LogP contribution in [-0.2, 0) is 11.3 Å². The van der Waals surface area contributed by atoms with E-state index in [1.807, 2.05) is 60.7 Å². The Labute approximate surface area is 196 Å². The van der Waals surface area contributed by atoms with Gasteiger partial charge in [-0.2, -0.15) is 5.10 Å². The van der Waals surface area contributed by atoms with E-state index >= 15 is 0 Å². The van der Waals surface area contributed by atoms with E-state index in [1.54, 1.807) is 32.2 Å². The molecule has 34 heavy (non-hydrogen) atoms. The van der Waals surface area contributed by atoms with Crippen molar-refractivity contribution in [3.63, 3.8) is 0 Å². The number of ether oxygens (including phenoxy) is 1. The van der Waals surface area contributed by atoms with Gasteiger partial charge in [0.1, 0.15) is 18.1 Å². The predicted molar refractivity (Wildman–Crippen MR) is 131 cm³/mol. The maximum Gasteiger partial charge on any atom is 0.263 e. The zero-order chi connectivity index (χ0) is 23.7. The number of amides is 1. The molecule has 1 aliphatic heterocycles. The summed E-state index contributed by atoms with van der Waals surface area (Å²) in [6.45, 7) is 1.60. The summed E-state index contributed by atoms with van der Waals surface area (Å²) < 4.78 is 6.71. The van der Waals surface area contributed by atoms with Crippen LogP contribution in [0.2, 0.25) is 0 Å². The van der Waals surface area contributed by atoms with Crippen LogP contribution in [0.5, 0.6) is 5.75 Å². The van der Waals surface area contributed by atoms with E-state index < -0.39 is 0 Å². The highest BCUT2D eigenvalue weighted by molar-refractivity contribution is 6.03. The molecule has 0 radical (unpaired) electrons. The second-order valence-electron chi connectivity index (χ2n) is 8.21. The van der Waals surface area contributed by atoms with Crippen LogP contribution in [0, 0.1) is 6.92 Å². The van der Waals surface area contributed by atoms with Crippen LogP contribution >= 0.6 is 0 Å². The highest BCUT2D eigenvalue weighted by Crippen LogP contribution is 2.33. The minimum absolute atomic E-state index is 0.138. The topological polar surface area (TPSA) is 76.8 Å². The molecule has 4 aromatic rings. The number of aryl methyl sites for hydroxylation is 1. The van der Waals surface area contributed by atoms with Gasteiger partial charge in [0.2, 0.25) is 0 Å². The Morgan fingerprint density at radius 2 is 1.71 bits per heavy atom. The Hall–Kier alpha value is -4.26. The van der Waals surface area contributed by atoms with Crippen LogP contribution in [0.25, 0.3) is 10.9 Å². The number of aromatic nitrogens is 2. The quantitative estimate of drug-likeness (QED) is 0.457. The largest absolute Gasteiger partial charge is 0.497 e. The van der Waals surface area contributed by atoms with Crippen LogP contribution in [0.1, 0.15) is 29.4 Å². The van der Waals surface area contributed by atoms with Gasteiger partial charge in [0.25, 0.3) is 11.5 Å². The molecular formula is C27H24N4O3. The summed E-state index contributed by atoms with van der Waals surface area (Å²) in [5.74, 6) is 0.965. The lowest BCUT2D eigenvalue weighted by Crippen LogP contribution is -2.35. The molecule has 0 saturated heterocycles. The van der Waals surface area contributed by atoms with E-state index in [1.165, 1.54) is 9.58 Å². The maximum atomic E-state index is 13.5. The van der Waals surface area contributed by atoms with Crippen LogP contribution < -0.4 is 10.3 Å².